The fraction of sp³-hybridized carbons (Fsp3) is 0.0588. The summed E-state index contributed by atoms with van der Waals surface area (Å²) in [6.07, 6.45) is 0. The van der Waals surface area contributed by atoms with Crippen LogP contribution in [-0.2, 0) is 5.75 Å². The number of thioether (sulfide) groups is 1. The van der Waals surface area contributed by atoms with E-state index in [2.05, 4.69) is 25.9 Å². The van der Waals surface area contributed by atoms with Crippen molar-refractivity contribution < 1.29 is 4.42 Å². The van der Waals surface area contributed by atoms with Gasteiger partial charge in [-0.15, -0.1) is 11.8 Å². The molecule has 0 amide bonds. The first kappa shape index (κ1) is 14.5. The topological polar surface area (TPSA) is 58.9 Å². The van der Waals surface area contributed by atoms with Crippen LogP contribution in [0.4, 0.5) is 0 Å². The zero-order valence-corrected chi connectivity index (χ0v) is 14.3. The van der Waals surface area contributed by atoms with Gasteiger partial charge in [-0.25, -0.2) is 4.98 Å². The molecule has 0 saturated heterocycles. The van der Waals surface area contributed by atoms with Crippen molar-refractivity contribution >= 4 is 49.8 Å². The lowest BCUT2D eigenvalue weighted by atomic mass is 10.2. The summed E-state index contributed by atoms with van der Waals surface area (Å²) in [5.74, 6) is 1.23. The van der Waals surface area contributed by atoms with Gasteiger partial charge in [0, 0.05) is 14.8 Å². The SMILES string of the molecule is O=c1[nH]c(CSc2ccc(Br)cc2)nc2c1oc1ccccc12. The lowest BCUT2D eigenvalue weighted by molar-refractivity contribution is 0.660. The number of fused-ring (bicyclic) bond motifs is 3. The summed E-state index contributed by atoms with van der Waals surface area (Å²) < 4.78 is 6.64. The van der Waals surface area contributed by atoms with Crippen molar-refractivity contribution in [3.05, 3.63) is 69.2 Å². The Morgan fingerprint density at radius 1 is 1.13 bits per heavy atom. The van der Waals surface area contributed by atoms with Crippen LogP contribution in [-0.4, -0.2) is 9.97 Å². The highest BCUT2D eigenvalue weighted by atomic mass is 79.9. The minimum atomic E-state index is -0.238. The Kier molecular flexibility index (Phi) is 3.71. The second-order valence-electron chi connectivity index (χ2n) is 5.03. The van der Waals surface area contributed by atoms with Gasteiger partial charge in [-0.2, -0.15) is 0 Å². The number of rotatable bonds is 3. The molecule has 2 heterocycles. The van der Waals surface area contributed by atoms with E-state index in [1.165, 1.54) is 0 Å². The third-order valence-corrected chi connectivity index (χ3v) is 5.02. The zero-order valence-electron chi connectivity index (χ0n) is 11.9. The third kappa shape index (κ3) is 2.80. The van der Waals surface area contributed by atoms with Gasteiger partial charge in [0.25, 0.3) is 5.56 Å². The number of halogens is 1. The average Bonchev–Trinajstić information content (AvgIpc) is 2.94. The summed E-state index contributed by atoms with van der Waals surface area (Å²) in [6.45, 7) is 0. The molecule has 0 spiro atoms. The second-order valence-corrected chi connectivity index (χ2v) is 7.00. The first-order valence-corrected chi connectivity index (χ1v) is 8.77. The minimum Gasteiger partial charge on any atom is -0.449 e. The molecular formula is C17H11BrN2O2S. The van der Waals surface area contributed by atoms with Crippen LogP contribution >= 0.6 is 27.7 Å². The highest BCUT2D eigenvalue weighted by Gasteiger charge is 2.12. The van der Waals surface area contributed by atoms with Crippen molar-refractivity contribution in [2.75, 3.05) is 0 Å². The molecule has 4 aromatic rings. The van der Waals surface area contributed by atoms with Gasteiger partial charge < -0.3 is 9.40 Å². The lowest BCUT2D eigenvalue weighted by Crippen LogP contribution is -2.10. The predicted octanol–water partition coefficient (Wildman–Crippen LogP) is 4.72. The number of aromatic amines is 1. The van der Waals surface area contributed by atoms with E-state index >= 15 is 0 Å². The van der Waals surface area contributed by atoms with Crippen LogP contribution in [0.25, 0.3) is 22.1 Å². The van der Waals surface area contributed by atoms with Crippen molar-refractivity contribution in [2.24, 2.45) is 0 Å². The number of nitrogens with zero attached hydrogens (tertiary/aromatic N) is 1. The maximum Gasteiger partial charge on any atom is 0.294 e. The number of para-hydroxylation sites is 1. The second kappa shape index (κ2) is 5.86. The van der Waals surface area contributed by atoms with Crippen LogP contribution in [0.3, 0.4) is 0 Å². The molecule has 0 bridgehead atoms. The van der Waals surface area contributed by atoms with E-state index in [0.29, 0.717) is 22.7 Å². The van der Waals surface area contributed by atoms with E-state index in [1.54, 1.807) is 11.8 Å². The molecule has 1 N–H and O–H groups in total. The van der Waals surface area contributed by atoms with Crippen molar-refractivity contribution in [1.29, 1.82) is 0 Å². The number of H-pyrrole nitrogens is 1. The van der Waals surface area contributed by atoms with Crippen LogP contribution in [0.2, 0.25) is 0 Å². The van der Waals surface area contributed by atoms with E-state index in [-0.39, 0.29) is 11.1 Å². The van der Waals surface area contributed by atoms with E-state index in [1.807, 2.05) is 48.5 Å². The molecular weight excluding hydrogens is 376 g/mol. The number of benzene rings is 2. The molecule has 0 unspecified atom stereocenters. The van der Waals surface area contributed by atoms with E-state index in [4.69, 9.17) is 4.42 Å². The standard InChI is InChI=1S/C17H11BrN2O2S/c18-10-5-7-11(8-6-10)23-9-14-19-15-12-3-1-2-4-13(12)22-16(15)17(21)20-14/h1-8H,9H2,(H,19,20,21). The Balaban J connectivity index is 1.71. The largest absolute Gasteiger partial charge is 0.449 e. The first-order valence-electron chi connectivity index (χ1n) is 6.99. The molecule has 2 aromatic carbocycles. The smallest absolute Gasteiger partial charge is 0.294 e. The summed E-state index contributed by atoms with van der Waals surface area (Å²) in [6, 6.07) is 15.6. The Morgan fingerprint density at radius 3 is 2.74 bits per heavy atom. The van der Waals surface area contributed by atoms with Crippen molar-refractivity contribution in [2.45, 2.75) is 10.6 Å². The van der Waals surface area contributed by atoms with Crippen molar-refractivity contribution in [1.82, 2.24) is 9.97 Å². The highest BCUT2D eigenvalue weighted by Crippen LogP contribution is 2.26. The van der Waals surface area contributed by atoms with Crippen LogP contribution in [0, 0.1) is 0 Å². The molecule has 0 atom stereocenters. The molecule has 0 aliphatic heterocycles. The van der Waals surface area contributed by atoms with Crippen LogP contribution in [0.15, 0.2) is 67.1 Å². The predicted molar refractivity (Wildman–Crippen MR) is 95.8 cm³/mol. The van der Waals surface area contributed by atoms with Gasteiger partial charge in [0.2, 0.25) is 5.58 Å². The Hall–Kier alpha value is -2.05. The molecule has 2 aromatic heterocycles. The molecule has 4 rings (SSSR count). The van der Waals surface area contributed by atoms with Crippen molar-refractivity contribution in [3.8, 4) is 0 Å². The molecule has 23 heavy (non-hydrogen) atoms. The summed E-state index contributed by atoms with van der Waals surface area (Å²) in [4.78, 5) is 20.7. The lowest BCUT2D eigenvalue weighted by Gasteiger charge is -2.02. The molecule has 0 radical (unpaired) electrons. The monoisotopic (exact) mass is 386 g/mol. The quantitative estimate of drug-likeness (QED) is 0.517. The number of hydrogen-bond acceptors (Lipinski definition) is 4. The van der Waals surface area contributed by atoms with Gasteiger partial charge in [0.15, 0.2) is 0 Å². The molecule has 0 saturated carbocycles. The Labute approximate surface area is 144 Å². The number of aromatic nitrogens is 2. The normalized spacial score (nSPS) is 11.3. The fourth-order valence-corrected chi connectivity index (χ4v) is 3.43. The molecule has 0 aliphatic rings. The number of furan rings is 1. The maximum atomic E-state index is 12.2. The Morgan fingerprint density at radius 2 is 1.91 bits per heavy atom. The third-order valence-electron chi connectivity index (χ3n) is 3.47. The highest BCUT2D eigenvalue weighted by molar-refractivity contribution is 9.10. The van der Waals surface area contributed by atoms with Gasteiger partial charge in [0.1, 0.15) is 16.9 Å². The summed E-state index contributed by atoms with van der Waals surface area (Å²) in [7, 11) is 0. The fourth-order valence-electron chi connectivity index (χ4n) is 2.40. The number of hydrogen-bond donors (Lipinski definition) is 1. The van der Waals surface area contributed by atoms with Gasteiger partial charge in [-0.3, -0.25) is 4.79 Å². The van der Waals surface area contributed by atoms with Gasteiger partial charge in [-0.05, 0) is 36.4 Å². The van der Waals surface area contributed by atoms with Crippen LogP contribution < -0.4 is 5.56 Å². The van der Waals surface area contributed by atoms with E-state index < -0.39 is 0 Å². The summed E-state index contributed by atoms with van der Waals surface area (Å²) >= 11 is 5.04. The van der Waals surface area contributed by atoms with Crippen LogP contribution in [0.1, 0.15) is 5.82 Å². The molecule has 114 valence electrons. The van der Waals surface area contributed by atoms with Crippen molar-refractivity contribution in [3.63, 3.8) is 0 Å². The van der Waals surface area contributed by atoms with Gasteiger partial charge in [0.05, 0.1) is 5.75 Å². The first-order chi connectivity index (χ1) is 11.2. The minimum absolute atomic E-state index is 0.238. The maximum absolute atomic E-state index is 12.2. The molecule has 0 fully saturated rings. The summed E-state index contributed by atoms with van der Waals surface area (Å²) in [5, 5.41) is 0.864. The molecule has 0 aliphatic carbocycles. The zero-order chi connectivity index (χ0) is 15.8. The molecule has 4 nitrogen and oxygen atoms in total. The van der Waals surface area contributed by atoms with Gasteiger partial charge >= 0.3 is 0 Å². The average molecular weight is 387 g/mol. The van der Waals surface area contributed by atoms with Gasteiger partial charge in [-0.1, -0.05) is 28.1 Å². The molecule has 6 heteroatoms. The van der Waals surface area contributed by atoms with E-state index in [0.717, 1.165) is 14.8 Å². The number of nitrogens with one attached hydrogen (secondary N) is 1. The van der Waals surface area contributed by atoms with E-state index in [9.17, 15) is 4.79 Å². The summed E-state index contributed by atoms with van der Waals surface area (Å²) in [5.41, 5.74) is 1.34. The van der Waals surface area contributed by atoms with Crippen LogP contribution in [0.5, 0.6) is 0 Å². The Bertz CT molecular complexity index is 1050.